The molecule has 3 rings (SSSR count). The number of ether oxygens (including phenoxy) is 2. The first kappa shape index (κ1) is 20.3. The molecule has 0 unspecified atom stereocenters. The third-order valence-electron chi connectivity index (χ3n) is 3.89. The number of rotatable bonds is 6. The van der Waals surface area contributed by atoms with Crippen LogP contribution < -0.4 is 9.47 Å². The Hall–Kier alpha value is -2.41. The molecule has 9 heteroatoms. The van der Waals surface area contributed by atoms with Gasteiger partial charge in [0.05, 0.1) is 6.54 Å². The Kier molecular flexibility index (Phi) is 6.34. The standard InChI is InChI=1S/C19H15Cl3N2O4/c1-11-6-18(28-19(25)26)23-24(11)9-13-7-14(20)4-5-17(13)27-10-12-2-3-15(21)8-16(12)22/h2-8H,9-10H2,1H3,(H,25,26). The van der Waals surface area contributed by atoms with Gasteiger partial charge >= 0.3 is 6.16 Å². The molecule has 6 nitrogen and oxygen atoms in total. The average molecular weight is 442 g/mol. The minimum absolute atomic E-state index is 0.00226. The Morgan fingerprint density at radius 2 is 1.79 bits per heavy atom. The maximum Gasteiger partial charge on any atom is 0.512 e. The molecule has 0 fully saturated rings. The number of carboxylic acid groups (broad SMARTS) is 1. The molecule has 28 heavy (non-hydrogen) atoms. The Bertz CT molecular complexity index is 1020. The number of aryl methyl sites for hydroxylation is 1. The van der Waals surface area contributed by atoms with E-state index in [0.29, 0.717) is 27.4 Å². The average Bonchev–Trinajstić information content (AvgIpc) is 2.94. The fourth-order valence-electron chi connectivity index (χ4n) is 2.55. The van der Waals surface area contributed by atoms with Crippen molar-refractivity contribution in [3.63, 3.8) is 0 Å². The lowest BCUT2D eigenvalue weighted by atomic mass is 10.2. The van der Waals surface area contributed by atoms with E-state index in [1.807, 2.05) is 0 Å². The second kappa shape index (κ2) is 8.73. The largest absolute Gasteiger partial charge is 0.512 e. The van der Waals surface area contributed by atoms with Gasteiger partial charge in [0.1, 0.15) is 12.4 Å². The van der Waals surface area contributed by atoms with Crippen LogP contribution >= 0.6 is 34.8 Å². The number of hydrogen-bond acceptors (Lipinski definition) is 4. The molecule has 1 N–H and O–H groups in total. The topological polar surface area (TPSA) is 73.6 Å². The van der Waals surface area contributed by atoms with Crippen LogP contribution in [-0.2, 0) is 13.2 Å². The zero-order chi connectivity index (χ0) is 20.3. The van der Waals surface area contributed by atoms with Crippen molar-refractivity contribution in [3.05, 3.63) is 74.4 Å². The number of aromatic nitrogens is 2. The fraction of sp³-hybridized carbons (Fsp3) is 0.158. The lowest BCUT2D eigenvalue weighted by Crippen LogP contribution is -2.08. The summed E-state index contributed by atoms with van der Waals surface area (Å²) >= 11 is 18.2. The predicted octanol–water partition coefficient (Wildman–Crippen LogP) is 5.84. The molecular weight excluding hydrogens is 427 g/mol. The molecule has 3 aromatic rings. The molecule has 0 aliphatic heterocycles. The quantitative estimate of drug-likeness (QED) is 0.487. The molecule has 0 atom stereocenters. The predicted molar refractivity (Wildman–Crippen MR) is 107 cm³/mol. The third kappa shape index (κ3) is 5.10. The molecule has 0 radical (unpaired) electrons. The van der Waals surface area contributed by atoms with Crippen molar-refractivity contribution in [2.24, 2.45) is 0 Å². The summed E-state index contributed by atoms with van der Waals surface area (Å²) in [4.78, 5) is 10.7. The Balaban J connectivity index is 1.81. The van der Waals surface area contributed by atoms with E-state index in [1.54, 1.807) is 48.0 Å². The number of benzene rings is 2. The van der Waals surface area contributed by atoms with Gasteiger partial charge in [0.15, 0.2) is 0 Å². The summed E-state index contributed by atoms with van der Waals surface area (Å²) < 4.78 is 12.1. The van der Waals surface area contributed by atoms with Crippen LogP contribution in [0.15, 0.2) is 42.5 Å². The van der Waals surface area contributed by atoms with E-state index in [9.17, 15) is 4.79 Å². The highest BCUT2D eigenvalue weighted by Crippen LogP contribution is 2.27. The Morgan fingerprint density at radius 3 is 2.50 bits per heavy atom. The van der Waals surface area contributed by atoms with Crippen molar-refractivity contribution in [1.29, 1.82) is 0 Å². The van der Waals surface area contributed by atoms with Crippen LogP contribution in [0.1, 0.15) is 16.8 Å². The van der Waals surface area contributed by atoms with Crippen molar-refractivity contribution < 1.29 is 19.4 Å². The van der Waals surface area contributed by atoms with Crippen molar-refractivity contribution in [3.8, 4) is 11.6 Å². The Morgan fingerprint density at radius 1 is 1.07 bits per heavy atom. The van der Waals surface area contributed by atoms with Crippen LogP contribution in [0.3, 0.4) is 0 Å². The van der Waals surface area contributed by atoms with Crippen LogP contribution in [0.4, 0.5) is 4.79 Å². The van der Waals surface area contributed by atoms with E-state index >= 15 is 0 Å². The van der Waals surface area contributed by atoms with E-state index < -0.39 is 6.16 Å². The summed E-state index contributed by atoms with van der Waals surface area (Å²) in [5.74, 6) is 0.605. The number of nitrogens with zero attached hydrogens (tertiary/aromatic N) is 2. The summed E-state index contributed by atoms with van der Waals surface area (Å²) in [5.41, 5.74) is 2.29. The summed E-state index contributed by atoms with van der Waals surface area (Å²) in [7, 11) is 0. The maximum atomic E-state index is 10.7. The first-order chi connectivity index (χ1) is 13.3. The van der Waals surface area contributed by atoms with Gasteiger partial charge in [-0.25, -0.2) is 4.79 Å². The van der Waals surface area contributed by atoms with E-state index in [-0.39, 0.29) is 12.5 Å². The second-order valence-electron chi connectivity index (χ2n) is 5.93. The van der Waals surface area contributed by atoms with Crippen molar-refractivity contribution >= 4 is 41.0 Å². The zero-order valence-corrected chi connectivity index (χ0v) is 16.9. The minimum Gasteiger partial charge on any atom is -0.488 e. The van der Waals surface area contributed by atoms with E-state index in [4.69, 9.17) is 44.6 Å². The van der Waals surface area contributed by atoms with Gasteiger partial charge in [0.25, 0.3) is 0 Å². The molecular formula is C19H15Cl3N2O4. The lowest BCUT2D eigenvalue weighted by Gasteiger charge is -2.14. The molecule has 0 saturated carbocycles. The highest BCUT2D eigenvalue weighted by atomic mass is 35.5. The van der Waals surface area contributed by atoms with Crippen LogP contribution in [0.25, 0.3) is 0 Å². The van der Waals surface area contributed by atoms with Crippen molar-refractivity contribution in [2.75, 3.05) is 0 Å². The number of hydrogen-bond donors (Lipinski definition) is 1. The van der Waals surface area contributed by atoms with Gasteiger partial charge in [-0.05, 0) is 37.3 Å². The molecule has 0 aliphatic carbocycles. The van der Waals surface area contributed by atoms with Crippen LogP contribution in [-0.4, -0.2) is 21.0 Å². The lowest BCUT2D eigenvalue weighted by molar-refractivity contribution is 0.142. The molecule has 0 aliphatic rings. The molecule has 146 valence electrons. The van der Waals surface area contributed by atoms with Gasteiger partial charge in [0, 0.05) is 38.0 Å². The molecule has 0 spiro atoms. The Labute approximate surface area is 176 Å². The molecule has 1 aromatic heterocycles. The van der Waals surface area contributed by atoms with Crippen LogP contribution in [0.5, 0.6) is 11.6 Å². The van der Waals surface area contributed by atoms with Gasteiger partial charge in [0.2, 0.25) is 5.88 Å². The normalized spacial score (nSPS) is 10.7. The van der Waals surface area contributed by atoms with E-state index in [2.05, 4.69) is 9.84 Å². The van der Waals surface area contributed by atoms with E-state index in [1.165, 1.54) is 6.07 Å². The molecule has 0 bridgehead atoms. The minimum atomic E-state index is -1.42. The maximum absolute atomic E-state index is 10.7. The zero-order valence-electron chi connectivity index (χ0n) is 14.7. The summed E-state index contributed by atoms with van der Waals surface area (Å²) in [6.45, 7) is 2.36. The number of carbonyl (C=O) groups is 1. The van der Waals surface area contributed by atoms with Gasteiger partial charge in [-0.2, -0.15) is 0 Å². The first-order valence-corrected chi connectivity index (χ1v) is 9.25. The molecule has 1 heterocycles. The summed E-state index contributed by atoms with van der Waals surface area (Å²) in [6, 6.07) is 12.0. The molecule has 0 amide bonds. The second-order valence-corrected chi connectivity index (χ2v) is 7.21. The smallest absolute Gasteiger partial charge is 0.488 e. The van der Waals surface area contributed by atoms with E-state index in [0.717, 1.165) is 16.8 Å². The molecule has 2 aromatic carbocycles. The van der Waals surface area contributed by atoms with Crippen molar-refractivity contribution in [2.45, 2.75) is 20.1 Å². The third-order valence-corrected chi connectivity index (χ3v) is 4.71. The van der Waals surface area contributed by atoms with Gasteiger partial charge in [-0.3, -0.25) is 4.68 Å². The highest BCUT2D eigenvalue weighted by molar-refractivity contribution is 6.35. The monoisotopic (exact) mass is 440 g/mol. The van der Waals surface area contributed by atoms with Crippen molar-refractivity contribution in [1.82, 2.24) is 9.78 Å². The SMILES string of the molecule is Cc1cc(OC(=O)O)nn1Cc1cc(Cl)ccc1OCc1ccc(Cl)cc1Cl. The summed E-state index contributed by atoms with van der Waals surface area (Å²) in [5, 5.41) is 14.5. The number of halogens is 3. The van der Waals surface area contributed by atoms with Gasteiger partial charge in [-0.15, -0.1) is 5.10 Å². The fourth-order valence-corrected chi connectivity index (χ4v) is 3.21. The summed E-state index contributed by atoms with van der Waals surface area (Å²) in [6.07, 6.45) is -1.42. The molecule has 0 saturated heterocycles. The van der Waals surface area contributed by atoms with Gasteiger partial charge < -0.3 is 14.6 Å². The van der Waals surface area contributed by atoms with Gasteiger partial charge in [-0.1, -0.05) is 40.9 Å². The first-order valence-electron chi connectivity index (χ1n) is 8.12. The highest BCUT2D eigenvalue weighted by Gasteiger charge is 2.13. The van der Waals surface area contributed by atoms with Crippen LogP contribution in [0.2, 0.25) is 15.1 Å². The van der Waals surface area contributed by atoms with Crippen LogP contribution in [0, 0.1) is 6.92 Å².